The highest BCUT2D eigenvalue weighted by atomic mass is 32.2. The summed E-state index contributed by atoms with van der Waals surface area (Å²) in [5.41, 5.74) is 2.81. The van der Waals surface area contributed by atoms with Gasteiger partial charge in [0.05, 0.1) is 23.6 Å². The molecule has 0 fully saturated rings. The summed E-state index contributed by atoms with van der Waals surface area (Å²) in [6.07, 6.45) is 1.33. The van der Waals surface area contributed by atoms with Crippen molar-refractivity contribution in [2.24, 2.45) is 5.84 Å². The van der Waals surface area contributed by atoms with Gasteiger partial charge in [-0.15, -0.1) is 0 Å². The Morgan fingerprint density at radius 3 is 2.65 bits per heavy atom. The molecule has 94 valence electrons. The Morgan fingerprint density at radius 1 is 1.47 bits per heavy atom. The number of hydrogen-bond donors (Lipinski definition) is 3. The van der Waals surface area contributed by atoms with E-state index < -0.39 is 15.9 Å². The summed E-state index contributed by atoms with van der Waals surface area (Å²) < 4.78 is 24.7. The van der Waals surface area contributed by atoms with Crippen LogP contribution in [0.15, 0.2) is 18.3 Å². The number of hydrazine groups is 1. The number of nitrogens with one attached hydrogen (secondary N) is 2. The monoisotopic (exact) mass is 258 g/mol. The molecule has 0 bridgehead atoms. The Bertz CT molecular complexity index is 483. The van der Waals surface area contributed by atoms with E-state index in [4.69, 9.17) is 5.84 Å². The highest BCUT2D eigenvalue weighted by Gasteiger charge is 2.07. The number of nitrogens with two attached hydrogens (primary N) is 1. The van der Waals surface area contributed by atoms with Crippen LogP contribution in [-0.2, 0) is 16.6 Å². The first-order valence-corrected chi connectivity index (χ1v) is 6.57. The zero-order chi connectivity index (χ0) is 12.9. The second-order valence-corrected chi connectivity index (χ2v) is 5.33. The van der Waals surface area contributed by atoms with Crippen molar-refractivity contribution in [3.63, 3.8) is 0 Å². The molecule has 0 saturated heterocycles. The van der Waals surface area contributed by atoms with Gasteiger partial charge in [0.15, 0.2) is 0 Å². The maximum absolute atomic E-state index is 11.2. The Morgan fingerprint density at radius 2 is 2.18 bits per heavy atom. The van der Waals surface area contributed by atoms with Crippen LogP contribution in [0.2, 0.25) is 0 Å². The summed E-state index contributed by atoms with van der Waals surface area (Å²) >= 11 is 0. The molecule has 1 aromatic rings. The van der Waals surface area contributed by atoms with E-state index in [1.165, 1.54) is 12.3 Å². The van der Waals surface area contributed by atoms with Crippen LogP contribution in [0.25, 0.3) is 0 Å². The molecule has 1 amide bonds. The van der Waals surface area contributed by atoms with E-state index in [2.05, 4.69) is 9.71 Å². The van der Waals surface area contributed by atoms with Crippen LogP contribution < -0.4 is 16.0 Å². The first-order valence-electron chi connectivity index (χ1n) is 4.91. The molecule has 0 spiro atoms. The lowest BCUT2D eigenvalue weighted by atomic mass is 10.2. The Balaban J connectivity index is 2.66. The largest absolute Gasteiger partial charge is 0.290 e. The van der Waals surface area contributed by atoms with Crippen molar-refractivity contribution in [3.05, 3.63) is 29.6 Å². The van der Waals surface area contributed by atoms with E-state index in [9.17, 15) is 13.2 Å². The highest BCUT2D eigenvalue weighted by Crippen LogP contribution is 2.00. The number of carbonyl (C=O) groups excluding carboxylic acids is 1. The minimum Gasteiger partial charge on any atom is -0.290 e. The molecule has 0 aliphatic carbocycles. The van der Waals surface area contributed by atoms with Gasteiger partial charge < -0.3 is 0 Å². The Kier molecular flexibility index (Phi) is 4.55. The van der Waals surface area contributed by atoms with Gasteiger partial charge in [-0.3, -0.25) is 15.2 Å². The molecule has 0 unspecified atom stereocenters. The van der Waals surface area contributed by atoms with Crippen LogP contribution in [0.5, 0.6) is 0 Å². The van der Waals surface area contributed by atoms with Crippen molar-refractivity contribution in [1.29, 1.82) is 0 Å². The molecule has 0 atom stereocenters. The number of sulfonamides is 1. The van der Waals surface area contributed by atoms with Crippen LogP contribution >= 0.6 is 0 Å². The lowest BCUT2D eigenvalue weighted by molar-refractivity contribution is 0.0953. The summed E-state index contributed by atoms with van der Waals surface area (Å²) in [5.74, 6) is 4.53. The quantitative estimate of drug-likeness (QED) is 0.360. The van der Waals surface area contributed by atoms with Gasteiger partial charge in [-0.25, -0.2) is 19.0 Å². The highest BCUT2D eigenvalue weighted by molar-refractivity contribution is 7.89. The molecule has 0 aliphatic heterocycles. The van der Waals surface area contributed by atoms with Crippen molar-refractivity contribution < 1.29 is 13.2 Å². The average molecular weight is 258 g/mol. The predicted octanol–water partition coefficient (Wildman–Crippen LogP) is -0.876. The third-order valence-corrected chi connectivity index (χ3v) is 3.42. The Hall–Kier alpha value is -1.51. The number of amides is 1. The van der Waals surface area contributed by atoms with Crippen LogP contribution in [0.3, 0.4) is 0 Å². The molecule has 8 heteroatoms. The number of carbonyl (C=O) groups is 1. The second-order valence-electron chi connectivity index (χ2n) is 3.24. The minimum atomic E-state index is -3.24. The normalized spacial score (nSPS) is 11.2. The summed E-state index contributed by atoms with van der Waals surface area (Å²) in [6, 6.07) is 3.08. The van der Waals surface area contributed by atoms with Gasteiger partial charge in [0, 0.05) is 6.20 Å². The molecule has 0 saturated carbocycles. The second kappa shape index (κ2) is 5.71. The molecule has 4 N–H and O–H groups in total. The lowest BCUT2D eigenvalue weighted by Gasteiger charge is -2.04. The first-order chi connectivity index (χ1) is 7.98. The number of aromatic nitrogens is 1. The molecule has 0 aliphatic rings. The first kappa shape index (κ1) is 13.6. The standard InChI is InChI=1S/C9H14N4O3S/c1-2-17(15,16)12-6-8-4-3-7(5-11-8)9(14)13-10/h3-5,12H,2,6,10H2,1H3,(H,13,14). The van der Waals surface area contributed by atoms with Crippen LogP contribution in [0, 0.1) is 0 Å². The minimum absolute atomic E-state index is 0.0145. The van der Waals surface area contributed by atoms with E-state index in [0.717, 1.165) is 0 Å². The number of nitrogen functional groups attached to an aromatic ring is 1. The predicted molar refractivity (Wildman–Crippen MR) is 62.2 cm³/mol. The summed E-state index contributed by atoms with van der Waals surface area (Å²) in [6.45, 7) is 1.64. The van der Waals surface area contributed by atoms with E-state index in [1.54, 1.807) is 13.0 Å². The van der Waals surface area contributed by atoms with Gasteiger partial charge in [0.2, 0.25) is 10.0 Å². The van der Waals surface area contributed by atoms with E-state index in [1.807, 2.05) is 5.43 Å². The maximum atomic E-state index is 11.2. The molecular formula is C9H14N4O3S. The van der Waals surface area contributed by atoms with Crippen molar-refractivity contribution in [2.45, 2.75) is 13.5 Å². The lowest BCUT2D eigenvalue weighted by Crippen LogP contribution is -2.30. The topological polar surface area (TPSA) is 114 Å². The molecule has 1 rings (SSSR count). The van der Waals surface area contributed by atoms with Gasteiger partial charge in [0.25, 0.3) is 5.91 Å². The smallest absolute Gasteiger partial charge is 0.266 e. The molecule has 1 heterocycles. The summed E-state index contributed by atoms with van der Waals surface area (Å²) in [5, 5.41) is 0. The zero-order valence-corrected chi connectivity index (χ0v) is 10.1. The van der Waals surface area contributed by atoms with Crippen molar-refractivity contribution in [2.75, 3.05) is 5.75 Å². The van der Waals surface area contributed by atoms with Crippen LogP contribution in [0.1, 0.15) is 23.0 Å². The molecule has 7 nitrogen and oxygen atoms in total. The fourth-order valence-electron chi connectivity index (χ4n) is 1.03. The Labute approximate surface area is 99.4 Å². The van der Waals surface area contributed by atoms with E-state index in [-0.39, 0.29) is 12.3 Å². The van der Waals surface area contributed by atoms with E-state index >= 15 is 0 Å². The van der Waals surface area contributed by atoms with Gasteiger partial charge in [-0.05, 0) is 19.1 Å². The number of hydrogen-bond acceptors (Lipinski definition) is 5. The number of nitrogens with zero attached hydrogens (tertiary/aromatic N) is 1. The molecule has 17 heavy (non-hydrogen) atoms. The summed E-state index contributed by atoms with van der Waals surface area (Å²) in [7, 11) is -3.24. The van der Waals surface area contributed by atoms with Gasteiger partial charge in [-0.1, -0.05) is 0 Å². The fourth-order valence-corrected chi connectivity index (χ4v) is 1.60. The van der Waals surface area contributed by atoms with Crippen molar-refractivity contribution >= 4 is 15.9 Å². The third-order valence-electron chi connectivity index (χ3n) is 2.07. The third kappa shape index (κ3) is 4.10. The molecular weight excluding hydrogens is 244 g/mol. The van der Waals surface area contributed by atoms with Gasteiger partial charge in [0.1, 0.15) is 0 Å². The number of rotatable bonds is 5. The molecule has 0 radical (unpaired) electrons. The summed E-state index contributed by atoms with van der Waals surface area (Å²) in [4.78, 5) is 15.0. The molecule has 1 aromatic heterocycles. The van der Waals surface area contributed by atoms with Crippen molar-refractivity contribution in [3.8, 4) is 0 Å². The van der Waals surface area contributed by atoms with Crippen molar-refractivity contribution in [1.82, 2.24) is 15.1 Å². The van der Waals surface area contributed by atoms with Crippen LogP contribution in [0.4, 0.5) is 0 Å². The zero-order valence-electron chi connectivity index (χ0n) is 9.30. The van der Waals surface area contributed by atoms with E-state index in [0.29, 0.717) is 11.3 Å². The molecule has 0 aromatic carbocycles. The number of pyridine rings is 1. The van der Waals surface area contributed by atoms with Crippen LogP contribution in [-0.4, -0.2) is 25.1 Å². The maximum Gasteiger partial charge on any atom is 0.266 e. The fraction of sp³-hybridized carbons (Fsp3) is 0.333. The van der Waals surface area contributed by atoms with Gasteiger partial charge in [-0.2, -0.15) is 0 Å². The SMILES string of the molecule is CCS(=O)(=O)NCc1ccc(C(=O)NN)cn1. The van der Waals surface area contributed by atoms with Gasteiger partial charge >= 0.3 is 0 Å². The average Bonchev–Trinajstić information content (AvgIpc) is 2.36.